The molecule has 0 N–H and O–H groups in total. The van der Waals surface area contributed by atoms with Gasteiger partial charge in [-0.1, -0.05) is 0 Å². The Bertz CT molecular complexity index is 156. The molecule has 1 aliphatic carbocycles. The van der Waals surface area contributed by atoms with E-state index in [1.54, 1.807) is 0 Å². The Morgan fingerprint density at radius 1 is 1.40 bits per heavy atom. The minimum atomic E-state index is -2.77. The topological polar surface area (TPSA) is 17.1 Å². The fraction of sp³-hybridized carbons (Fsp3) is 0.857. The fourth-order valence-electron chi connectivity index (χ4n) is 1.29. The molecule has 0 heterocycles. The molecule has 3 heteroatoms. The van der Waals surface area contributed by atoms with Gasteiger partial charge in [-0.3, -0.25) is 0 Å². The highest BCUT2D eigenvalue weighted by atomic mass is 19.3. The number of hydrogen-bond acceptors (Lipinski definition) is 1. The average Bonchev–Trinajstić information content (AvgIpc) is 2.10. The van der Waals surface area contributed by atoms with Gasteiger partial charge >= 0.3 is 0 Å². The van der Waals surface area contributed by atoms with E-state index < -0.39 is 11.3 Å². The lowest BCUT2D eigenvalue weighted by molar-refractivity contribution is -0.136. The van der Waals surface area contributed by atoms with Crippen LogP contribution in [0, 0.1) is 5.41 Å². The summed E-state index contributed by atoms with van der Waals surface area (Å²) in [6.45, 7) is 1.33. The monoisotopic (exact) mass is 148 g/mol. The molecular formula is C7H10F2O. The summed E-state index contributed by atoms with van der Waals surface area (Å²) in [6, 6.07) is 0. The van der Waals surface area contributed by atoms with Crippen LogP contribution in [0.2, 0.25) is 0 Å². The average molecular weight is 148 g/mol. The van der Waals surface area contributed by atoms with Gasteiger partial charge in [0.25, 0.3) is 5.92 Å². The molecule has 0 bridgehead atoms. The molecule has 0 aliphatic heterocycles. The van der Waals surface area contributed by atoms with Crippen molar-refractivity contribution in [3.8, 4) is 0 Å². The van der Waals surface area contributed by atoms with Crippen LogP contribution in [0.25, 0.3) is 0 Å². The van der Waals surface area contributed by atoms with Gasteiger partial charge in [0.1, 0.15) is 6.29 Å². The van der Waals surface area contributed by atoms with E-state index >= 15 is 0 Å². The Labute approximate surface area is 58.4 Å². The Balaban J connectivity index is 2.85. The van der Waals surface area contributed by atoms with Crippen LogP contribution in [0.3, 0.4) is 0 Å². The molecule has 1 unspecified atom stereocenters. The van der Waals surface area contributed by atoms with Gasteiger partial charge in [0, 0.05) is 6.42 Å². The lowest BCUT2D eigenvalue weighted by Crippen LogP contribution is -2.34. The normalized spacial score (nSPS) is 37.9. The number of rotatable bonds is 1. The first-order chi connectivity index (χ1) is 4.52. The van der Waals surface area contributed by atoms with E-state index in [2.05, 4.69) is 0 Å². The van der Waals surface area contributed by atoms with Crippen molar-refractivity contribution in [1.82, 2.24) is 0 Å². The van der Waals surface area contributed by atoms with Crippen LogP contribution in [0.5, 0.6) is 0 Å². The van der Waals surface area contributed by atoms with E-state index in [0.29, 0.717) is 19.1 Å². The molecule has 0 spiro atoms. The van der Waals surface area contributed by atoms with Crippen LogP contribution in [0.1, 0.15) is 26.2 Å². The molecule has 10 heavy (non-hydrogen) atoms. The minimum absolute atomic E-state index is 0.137. The Morgan fingerprint density at radius 3 is 2.20 bits per heavy atom. The third kappa shape index (κ3) is 0.842. The van der Waals surface area contributed by atoms with Crippen molar-refractivity contribution in [3.63, 3.8) is 0 Å². The van der Waals surface area contributed by atoms with Crippen molar-refractivity contribution in [3.05, 3.63) is 0 Å². The van der Waals surface area contributed by atoms with Gasteiger partial charge in [0.2, 0.25) is 0 Å². The molecule has 58 valence electrons. The SMILES string of the molecule is CC1(C=O)CCCC1(F)F. The van der Waals surface area contributed by atoms with Crippen molar-refractivity contribution in [2.45, 2.75) is 32.1 Å². The summed E-state index contributed by atoms with van der Waals surface area (Å²) in [7, 11) is 0. The molecule has 1 nitrogen and oxygen atoms in total. The predicted molar refractivity (Wildman–Crippen MR) is 33.0 cm³/mol. The molecule has 0 aromatic rings. The lowest BCUT2D eigenvalue weighted by Gasteiger charge is -2.24. The van der Waals surface area contributed by atoms with Crippen molar-refractivity contribution < 1.29 is 13.6 Å². The quantitative estimate of drug-likeness (QED) is 0.520. The van der Waals surface area contributed by atoms with E-state index in [1.165, 1.54) is 6.92 Å². The van der Waals surface area contributed by atoms with Gasteiger partial charge in [-0.2, -0.15) is 0 Å². The molecular weight excluding hydrogens is 138 g/mol. The third-order valence-electron chi connectivity index (χ3n) is 2.28. The third-order valence-corrected chi connectivity index (χ3v) is 2.28. The molecule has 1 aliphatic rings. The van der Waals surface area contributed by atoms with E-state index in [1.807, 2.05) is 0 Å². The van der Waals surface area contributed by atoms with Crippen LogP contribution in [0.15, 0.2) is 0 Å². The summed E-state index contributed by atoms with van der Waals surface area (Å²) in [5.74, 6) is -2.77. The van der Waals surface area contributed by atoms with Gasteiger partial charge in [-0.15, -0.1) is 0 Å². The first kappa shape index (κ1) is 7.63. The van der Waals surface area contributed by atoms with Gasteiger partial charge < -0.3 is 4.79 Å². The summed E-state index contributed by atoms with van der Waals surface area (Å²) < 4.78 is 25.5. The Morgan fingerprint density at radius 2 is 2.00 bits per heavy atom. The number of hydrogen-bond donors (Lipinski definition) is 0. The Hall–Kier alpha value is -0.470. The van der Waals surface area contributed by atoms with Crippen LogP contribution in [-0.2, 0) is 4.79 Å². The largest absolute Gasteiger partial charge is 0.303 e. The van der Waals surface area contributed by atoms with Crippen molar-refractivity contribution in [2.75, 3.05) is 0 Å². The number of alkyl halides is 2. The second kappa shape index (κ2) is 2.01. The van der Waals surface area contributed by atoms with Crippen molar-refractivity contribution >= 4 is 6.29 Å². The number of carbonyl (C=O) groups excluding carboxylic acids is 1. The fourth-order valence-corrected chi connectivity index (χ4v) is 1.29. The highest BCUT2D eigenvalue weighted by molar-refractivity contribution is 5.61. The minimum Gasteiger partial charge on any atom is -0.303 e. The Kier molecular flexibility index (Phi) is 1.53. The zero-order valence-electron chi connectivity index (χ0n) is 5.86. The summed E-state index contributed by atoms with van der Waals surface area (Å²) in [6.07, 6.45) is 1.04. The maximum Gasteiger partial charge on any atom is 0.259 e. The molecule has 1 rings (SSSR count). The maximum absolute atomic E-state index is 12.8. The second-order valence-electron chi connectivity index (χ2n) is 3.09. The molecule has 0 aromatic heterocycles. The number of aldehydes is 1. The lowest BCUT2D eigenvalue weighted by atomic mass is 9.88. The molecule has 0 radical (unpaired) electrons. The highest BCUT2D eigenvalue weighted by Gasteiger charge is 2.53. The van der Waals surface area contributed by atoms with E-state index in [9.17, 15) is 13.6 Å². The number of halogens is 2. The van der Waals surface area contributed by atoms with Crippen molar-refractivity contribution in [1.29, 1.82) is 0 Å². The summed E-state index contributed by atoms with van der Waals surface area (Å²) in [4.78, 5) is 10.3. The van der Waals surface area contributed by atoms with Gasteiger partial charge in [-0.25, -0.2) is 8.78 Å². The van der Waals surface area contributed by atoms with Gasteiger partial charge in [-0.05, 0) is 19.8 Å². The summed E-state index contributed by atoms with van der Waals surface area (Å²) >= 11 is 0. The first-order valence-electron chi connectivity index (χ1n) is 3.36. The van der Waals surface area contributed by atoms with Crippen LogP contribution < -0.4 is 0 Å². The first-order valence-corrected chi connectivity index (χ1v) is 3.36. The summed E-state index contributed by atoms with van der Waals surface area (Å²) in [5, 5.41) is 0. The molecule has 0 amide bonds. The van der Waals surface area contributed by atoms with Crippen molar-refractivity contribution in [2.24, 2.45) is 5.41 Å². The summed E-state index contributed by atoms with van der Waals surface area (Å²) in [5.41, 5.74) is -1.38. The standard InChI is InChI=1S/C7H10F2O/c1-6(5-10)3-2-4-7(6,8)9/h5H,2-4H2,1H3. The zero-order valence-corrected chi connectivity index (χ0v) is 5.86. The molecule has 1 saturated carbocycles. The molecule has 0 saturated heterocycles. The van der Waals surface area contributed by atoms with E-state index in [0.717, 1.165) is 0 Å². The maximum atomic E-state index is 12.8. The smallest absolute Gasteiger partial charge is 0.259 e. The molecule has 1 fully saturated rings. The van der Waals surface area contributed by atoms with Crippen LogP contribution in [0.4, 0.5) is 8.78 Å². The van der Waals surface area contributed by atoms with E-state index in [-0.39, 0.29) is 6.42 Å². The van der Waals surface area contributed by atoms with Gasteiger partial charge in [0.05, 0.1) is 5.41 Å². The van der Waals surface area contributed by atoms with Crippen LogP contribution in [-0.4, -0.2) is 12.2 Å². The van der Waals surface area contributed by atoms with Gasteiger partial charge in [0.15, 0.2) is 0 Å². The van der Waals surface area contributed by atoms with Crippen LogP contribution >= 0.6 is 0 Å². The van der Waals surface area contributed by atoms with E-state index in [4.69, 9.17) is 0 Å². The number of carbonyl (C=O) groups is 1. The predicted octanol–water partition coefficient (Wildman–Crippen LogP) is 2.01. The zero-order chi connectivity index (χ0) is 7.83. The molecule has 1 atom stereocenters. The highest BCUT2D eigenvalue weighted by Crippen LogP contribution is 2.48. The molecule has 0 aromatic carbocycles. The second-order valence-corrected chi connectivity index (χ2v) is 3.09.